The van der Waals surface area contributed by atoms with Crippen molar-refractivity contribution in [3.63, 3.8) is 0 Å². The maximum Gasteiger partial charge on any atom is 0.123 e. The zero-order chi connectivity index (χ0) is 13.6. The first-order valence-electron chi connectivity index (χ1n) is 6.72. The highest BCUT2D eigenvalue weighted by Gasteiger charge is 2.34. The second-order valence-electron chi connectivity index (χ2n) is 5.50. The molecule has 3 rings (SSSR count). The number of fused-ring (bicyclic) bond motifs is 1. The third-order valence-corrected chi connectivity index (χ3v) is 4.28. The highest BCUT2D eigenvalue weighted by molar-refractivity contribution is 5.55. The average molecular weight is 253 g/mol. The second-order valence-corrected chi connectivity index (χ2v) is 5.50. The molecule has 2 aromatic carbocycles. The molecule has 0 heterocycles. The number of aryl methyl sites for hydroxylation is 2. The van der Waals surface area contributed by atoms with Crippen LogP contribution in [0.25, 0.3) is 0 Å². The Labute approximate surface area is 113 Å². The molecule has 1 aliphatic carbocycles. The summed E-state index contributed by atoms with van der Waals surface area (Å²) in [6, 6.07) is 12.3. The van der Waals surface area contributed by atoms with Crippen molar-refractivity contribution < 1.29 is 5.11 Å². The summed E-state index contributed by atoms with van der Waals surface area (Å²) in [6.07, 6.45) is 0.917. The first kappa shape index (κ1) is 12.2. The topological polar surface area (TPSA) is 46.2 Å². The highest BCUT2D eigenvalue weighted by atomic mass is 16.3. The largest absolute Gasteiger partial charge is 0.507 e. The van der Waals surface area contributed by atoms with Gasteiger partial charge < -0.3 is 10.8 Å². The zero-order valence-corrected chi connectivity index (χ0v) is 11.4. The van der Waals surface area contributed by atoms with Crippen molar-refractivity contribution in [3.8, 4) is 5.75 Å². The molecule has 0 amide bonds. The van der Waals surface area contributed by atoms with Gasteiger partial charge in [0.05, 0.1) is 0 Å². The number of rotatable bonds is 1. The van der Waals surface area contributed by atoms with Crippen molar-refractivity contribution in [2.24, 2.45) is 5.73 Å². The fourth-order valence-corrected chi connectivity index (χ4v) is 3.25. The molecule has 2 aromatic rings. The third kappa shape index (κ3) is 1.83. The van der Waals surface area contributed by atoms with Crippen molar-refractivity contribution in [1.29, 1.82) is 0 Å². The van der Waals surface area contributed by atoms with Crippen LogP contribution in [0.3, 0.4) is 0 Å². The summed E-state index contributed by atoms with van der Waals surface area (Å²) in [6.45, 7) is 4.04. The molecule has 0 fully saturated rings. The second kappa shape index (κ2) is 4.39. The molecule has 0 saturated carbocycles. The zero-order valence-electron chi connectivity index (χ0n) is 11.4. The summed E-state index contributed by atoms with van der Waals surface area (Å²) in [5.74, 6) is 0.647. The molecule has 2 atom stereocenters. The Bertz CT molecular complexity index is 619. The Hall–Kier alpha value is -1.80. The predicted octanol–water partition coefficient (Wildman–Crippen LogP) is 3.35. The van der Waals surface area contributed by atoms with Gasteiger partial charge in [0.25, 0.3) is 0 Å². The molecule has 0 spiro atoms. The van der Waals surface area contributed by atoms with Gasteiger partial charge in [0.1, 0.15) is 5.75 Å². The minimum atomic E-state index is -0.115. The lowest BCUT2D eigenvalue weighted by atomic mass is 9.92. The minimum Gasteiger partial charge on any atom is -0.507 e. The lowest BCUT2D eigenvalue weighted by Gasteiger charge is -2.17. The summed E-state index contributed by atoms with van der Waals surface area (Å²) in [4.78, 5) is 0. The van der Waals surface area contributed by atoms with Gasteiger partial charge >= 0.3 is 0 Å². The van der Waals surface area contributed by atoms with Crippen molar-refractivity contribution in [2.45, 2.75) is 32.2 Å². The highest BCUT2D eigenvalue weighted by Crippen LogP contribution is 2.47. The molecular formula is C17H19NO. The van der Waals surface area contributed by atoms with E-state index < -0.39 is 0 Å². The normalized spacial score (nSPS) is 21.4. The molecule has 2 nitrogen and oxygen atoms in total. The summed E-state index contributed by atoms with van der Waals surface area (Å²) >= 11 is 0. The van der Waals surface area contributed by atoms with Gasteiger partial charge in [-0.15, -0.1) is 0 Å². The van der Waals surface area contributed by atoms with Crippen LogP contribution in [0.1, 0.15) is 39.8 Å². The van der Waals surface area contributed by atoms with Gasteiger partial charge in [0.15, 0.2) is 0 Å². The molecular weight excluding hydrogens is 234 g/mol. The van der Waals surface area contributed by atoms with Crippen LogP contribution in [0.15, 0.2) is 36.4 Å². The van der Waals surface area contributed by atoms with E-state index in [9.17, 15) is 5.11 Å². The quantitative estimate of drug-likeness (QED) is 0.818. The molecule has 2 heteroatoms. The SMILES string of the molecule is Cc1cc(C)c2c(c1O)[C@@H](N)[C@H](c1ccccc1)C2. The molecule has 0 saturated heterocycles. The first-order chi connectivity index (χ1) is 9.09. The van der Waals surface area contributed by atoms with E-state index in [0.717, 1.165) is 17.5 Å². The smallest absolute Gasteiger partial charge is 0.123 e. The van der Waals surface area contributed by atoms with Gasteiger partial charge in [-0.05, 0) is 42.5 Å². The van der Waals surface area contributed by atoms with E-state index in [2.05, 4.69) is 19.1 Å². The number of aromatic hydroxyl groups is 1. The Morgan fingerprint density at radius 3 is 2.47 bits per heavy atom. The van der Waals surface area contributed by atoms with Crippen LogP contribution in [0.5, 0.6) is 5.75 Å². The lowest BCUT2D eigenvalue weighted by molar-refractivity contribution is 0.456. The number of phenols is 1. The monoisotopic (exact) mass is 253 g/mol. The van der Waals surface area contributed by atoms with Gasteiger partial charge in [0, 0.05) is 17.5 Å². The van der Waals surface area contributed by atoms with Gasteiger partial charge in [-0.2, -0.15) is 0 Å². The Balaban J connectivity index is 2.10. The van der Waals surface area contributed by atoms with Crippen molar-refractivity contribution in [2.75, 3.05) is 0 Å². The van der Waals surface area contributed by atoms with Gasteiger partial charge in [0.2, 0.25) is 0 Å². The van der Waals surface area contributed by atoms with E-state index in [4.69, 9.17) is 5.73 Å². The van der Waals surface area contributed by atoms with E-state index in [1.54, 1.807) is 0 Å². The summed E-state index contributed by atoms with van der Waals surface area (Å²) in [7, 11) is 0. The van der Waals surface area contributed by atoms with E-state index >= 15 is 0 Å². The summed E-state index contributed by atoms with van der Waals surface area (Å²) in [5.41, 5.74) is 12.0. The molecule has 19 heavy (non-hydrogen) atoms. The summed E-state index contributed by atoms with van der Waals surface area (Å²) < 4.78 is 0. The third-order valence-electron chi connectivity index (χ3n) is 4.28. The van der Waals surface area contributed by atoms with E-state index in [0.29, 0.717) is 5.75 Å². The molecule has 0 bridgehead atoms. The van der Waals surface area contributed by atoms with Crippen LogP contribution in [0.4, 0.5) is 0 Å². The van der Waals surface area contributed by atoms with Crippen LogP contribution < -0.4 is 5.73 Å². The van der Waals surface area contributed by atoms with Gasteiger partial charge in [-0.25, -0.2) is 0 Å². The molecule has 1 aliphatic rings. The van der Waals surface area contributed by atoms with E-state index in [-0.39, 0.29) is 12.0 Å². The number of phenolic OH excluding ortho intramolecular Hbond substituents is 1. The fraction of sp³-hybridized carbons (Fsp3) is 0.294. The number of hydrogen-bond donors (Lipinski definition) is 2. The maximum atomic E-state index is 10.3. The Morgan fingerprint density at radius 1 is 1.11 bits per heavy atom. The van der Waals surface area contributed by atoms with Gasteiger partial charge in [-0.3, -0.25) is 0 Å². The minimum absolute atomic E-state index is 0.115. The Morgan fingerprint density at radius 2 is 1.79 bits per heavy atom. The van der Waals surface area contributed by atoms with Crippen LogP contribution in [0.2, 0.25) is 0 Å². The predicted molar refractivity (Wildman–Crippen MR) is 77.4 cm³/mol. The van der Waals surface area contributed by atoms with Crippen molar-refractivity contribution in [3.05, 3.63) is 64.2 Å². The van der Waals surface area contributed by atoms with Crippen molar-refractivity contribution in [1.82, 2.24) is 0 Å². The van der Waals surface area contributed by atoms with Crippen molar-refractivity contribution >= 4 is 0 Å². The molecule has 0 unspecified atom stereocenters. The van der Waals surface area contributed by atoms with E-state index in [1.165, 1.54) is 16.7 Å². The van der Waals surface area contributed by atoms with Crippen LogP contribution in [0, 0.1) is 13.8 Å². The standard InChI is InChI=1S/C17H19NO/c1-10-8-11(2)17(19)15-13(10)9-14(16(15)18)12-6-4-3-5-7-12/h3-8,14,16,19H,9,18H2,1-2H3/t14-,16-/m0/s1. The number of hydrogen-bond acceptors (Lipinski definition) is 2. The van der Waals surface area contributed by atoms with Gasteiger partial charge in [-0.1, -0.05) is 36.4 Å². The number of benzene rings is 2. The summed E-state index contributed by atoms with van der Waals surface area (Å²) in [5, 5.41) is 10.3. The first-order valence-corrected chi connectivity index (χ1v) is 6.72. The van der Waals surface area contributed by atoms with Crippen LogP contribution in [-0.4, -0.2) is 5.11 Å². The molecule has 3 N–H and O–H groups in total. The van der Waals surface area contributed by atoms with E-state index in [1.807, 2.05) is 31.2 Å². The van der Waals surface area contributed by atoms with Crippen LogP contribution in [-0.2, 0) is 6.42 Å². The molecule has 0 radical (unpaired) electrons. The lowest BCUT2D eigenvalue weighted by Crippen LogP contribution is -2.15. The average Bonchev–Trinajstić information content (AvgIpc) is 2.76. The molecule has 0 aliphatic heterocycles. The Kier molecular flexibility index (Phi) is 2.83. The van der Waals surface area contributed by atoms with Crippen LogP contribution >= 0.6 is 0 Å². The maximum absolute atomic E-state index is 10.3. The number of nitrogens with two attached hydrogens (primary N) is 1. The molecule has 0 aromatic heterocycles. The fourth-order valence-electron chi connectivity index (χ4n) is 3.25. The molecule has 98 valence electrons.